The number of amides is 3. The van der Waals surface area contributed by atoms with Crippen molar-refractivity contribution >= 4 is 23.4 Å². The van der Waals surface area contributed by atoms with E-state index in [9.17, 15) is 18.8 Å². The first kappa shape index (κ1) is 24.1. The zero-order chi connectivity index (χ0) is 24.8. The minimum absolute atomic E-state index is 0.197. The lowest BCUT2D eigenvalue weighted by Gasteiger charge is -2.32. The SMILES string of the molecule is C[C@@H](NC(=O)c1ccccc1NC(=O)[C@H]1CCCN(C(=O)c2ccc(F)cc2)C1)c1ccccc1. The Morgan fingerprint density at radius 1 is 0.943 bits per heavy atom. The number of halogens is 1. The number of nitrogens with zero attached hydrogens (tertiary/aromatic N) is 1. The van der Waals surface area contributed by atoms with Crippen LogP contribution in [-0.4, -0.2) is 35.7 Å². The highest BCUT2D eigenvalue weighted by Gasteiger charge is 2.29. The van der Waals surface area contributed by atoms with Crippen molar-refractivity contribution in [3.63, 3.8) is 0 Å². The van der Waals surface area contributed by atoms with Gasteiger partial charge in [-0.1, -0.05) is 42.5 Å². The summed E-state index contributed by atoms with van der Waals surface area (Å²) in [7, 11) is 0. The van der Waals surface area contributed by atoms with E-state index in [1.807, 2.05) is 37.3 Å². The summed E-state index contributed by atoms with van der Waals surface area (Å²) < 4.78 is 13.2. The predicted octanol–water partition coefficient (Wildman–Crippen LogP) is 4.81. The molecule has 0 unspecified atom stereocenters. The lowest BCUT2D eigenvalue weighted by Crippen LogP contribution is -2.44. The Kier molecular flexibility index (Phi) is 7.55. The van der Waals surface area contributed by atoms with Crippen LogP contribution < -0.4 is 10.6 Å². The first-order valence-electron chi connectivity index (χ1n) is 11.7. The summed E-state index contributed by atoms with van der Waals surface area (Å²) in [6.07, 6.45) is 1.32. The lowest BCUT2D eigenvalue weighted by molar-refractivity contribution is -0.121. The third-order valence-corrected chi connectivity index (χ3v) is 6.25. The van der Waals surface area contributed by atoms with Crippen molar-refractivity contribution in [1.82, 2.24) is 10.2 Å². The minimum Gasteiger partial charge on any atom is -0.345 e. The fourth-order valence-corrected chi connectivity index (χ4v) is 4.28. The highest BCUT2D eigenvalue weighted by atomic mass is 19.1. The van der Waals surface area contributed by atoms with Crippen LogP contribution in [0.15, 0.2) is 78.9 Å². The number of hydrogen-bond acceptors (Lipinski definition) is 3. The van der Waals surface area contributed by atoms with Gasteiger partial charge in [0.05, 0.1) is 23.2 Å². The van der Waals surface area contributed by atoms with E-state index in [1.165, 1.54) is 24.3 Å². The fourth-order valence-electron chi connectivity index (χ4n) is 4.28. The molecule has 7 heteroatoms. The third-order valence-electron chi connectivity index (χ3n) is 6.25. The molecule has 2 N–H and O–H groups in total. The van der Waals surface area contributed by atoms with Crippen LogP contribution in [0.3, 0.4) is 0 Å². The largest absolute Gasteiger partial charge is 0.345 e. The number of nitrogens with one attached hydrogen (secondary N) is 2. The molecule has 35 heavy (non-hydrogen) atoms. The summed E-state index contributed by atoms with van der Waals surface area (Å²) in [6.45, 7) is 2.71. The van der Waals surface area contributed by atoms with Crippen LogP contribution in [0.2, 0.25) is 0 Å². The molecule has 0 aliphatic carbocycles. The first-order chi connectivity index (χ1) is 16.9. The standard InChI is InChI=1S/C28H28FN3O3/c1-19(20-8-3-2-4-9-20)30-27(34)24-11-5-6-12-25(24)31-26(33)22-10-7-17-32(18-22)28(35)21-13-15-23(29)16-14-21/h2-6,8-9,11-16,19,22H,7,10,17-18H2,1H3,(H,30,34)(H,31,33)/t19-,22+/m1/s1. The van der Waals surface area contributed by atoms with Gasteiger partial charge < -0.3 is 15.5 Å². The van der Waals surface area contributed by atoms with Crippen molar-refractivity contribution < 1.29 is 18.8 Å². The van der Waals surface area contributed by atoms with E-state index >= 15 is 0 Å². The molecule has 180 valence electrons. The van der Waals surface area contributed by atoms with E-state index in [4.69, 9.17) is 0 Å². The molecule has 0 radical (unpaired) electrons. The number of para-hydroxylation sites is 1. The molecule has 3 aromatic carbocycles. The minimum atomic E-state index is -0.410. The van der Waals surface area contributed by atoms with Crippen molar-refractivity contribution in [3.05, 3.63) is 101 Å². The summed E-state index contributed by atoms with van der Waals surface area (Å²) in [5, 5.41) is 5.87. The Balaban J connectivity index is 1.42. The maximum atomic E-state index is 13.2. The monoisotopic (exact) mass is 473 g/mol. The van der Waals surface area contributed by atoms with Crippen LogP contribution in [0.25, 0.3) is 0 Å². The third kappa shape index (κ3) is 5.93. The van der Waals surface area contributed by atoms with E-state index in [1.54, 1.807) is 29.2 Å². The summed E-state index contributed by atoms with van der Waals surface area (Å²) in [6, 6.07) is 21.7. The molecular weight excluding hydrogens is 445 g/mol. The molecule has 4 rings (SSSR count). The number of rotatable bonds is 6. The molecular formula is C28H28FN3O3. The number of likely N-dealkylation sites (tertiary alicyclic amines) is 1. The van der Waals surface area contributed by atoms with E-state index in [2.05, 4.69) is 10.6 Å². The van der Waals surface area contributed by atoms with E-state index in [-0.39, 0.29) is 30.3 Å². The number of anilines is 1. The molecule has 1 saturated heterocycles. The van der Waals surface area contributed by atoms with E-state index in [0.29, 0.717) is 36.2 Å². The van der Waals surface area contributed by atoms with Gasteiger partial charge in [0, 0.05) is 18.7 Å². The molecule has 3 amide bonds. The molecule has 1 aliphatic rings. The Hall–Kier alpha value is -4.00. The van der Waals surface area contributed by atoms with Crippen molar-refractivity contribution in [1.29, 1.82) is 0 Å². The highest BCUT2D eigenvalue weighted by Crippen LogP contribution is 2.23. The van der Waals surface area contributed by atoms with E-state index < -0.39 is 11.7 Å². The predicted molar refractivity (Wildman–Crippen MR) is 132 cm³/mol. The first-order valence-corrected chi connectivity index (χ1v) is 11.7. The molecule has 0 aromatic heterocycles. The van der Waals surface area contributed by atoms with Gasteiger partial charge in [0.25, 0.3) is 11.8 Å². The molecule has 0 spiro atoms. The summed E-state index contributed by atoms with van der Waals surface area (Å²) >= 11 is 0. The van der Waals surface area contributed by atoms with Gasteiger partial charge >= 0.3 is 0 Å². The Morgan fingerprint density at radius 3 is 2.37 bits per heavy atom. The van der Waals surface area contributed by atoms with Crippen LogP contribution in [0.4, 0.5) is 10.1 Å². The number of benzene rings is 3. The topological polar surface area (TPSA) is 78.5 Å². The van der Waals surface area contributed by atoms with Crippen LogP contribution in [-0.2, 0) is 4.79 Å². The Bertz CT molecular complexity index is 1200. The quantitative estimate of drug-likeness (QED) is 0.540. The second kappa shape index (κ2) is 11.0. The molecule has 3 aromatic rings. The molecule has 0 saturated carbocycles. The normalized spacial score (nSPS) is 16.3. The number of hydrogen-bond donors (Lipinski definition) is 2. The maximum absolute atomic E-state index is 13.2. The molecule has 2 atom stereocenters. The second-order valence-corrected chi connectivity index (χ2v) is 8.74. The molecule has 0 bridgehead atoms. The van der Waals surface area contributed by atoms with Crippen LogP contribution in [0, 0.1) is 11.7 Å². The van der Waals surface area contributed by atoms with Crippen LogP contribution in [0.1, 0.15) is 52.1 Å². The lowest BCUT2D eigenvalue weighted by atomic mass is 9.96. The van der Waals surface area contributed by atoms with Gasteiger partial charge in [0.2, 0.25) is 5.91 Å². The Morgan fingerprint density at radius 2 is 1.63 bits per heavy atom. The van der Waals surface area contributed by atoms with Gasteiger partial charge in [-0.2, -0.15) is 0 Å². The summed E-state index contributed by atoms with van der Waals surface area (Å²) in [5.41, 5.74) is 2.17. The van der Waals surface area contributed by atoms with Gasteiger partial charge in [-0.3, -0.25) is 14.4 Å². The van der Waals surface area contributed by atoms with Gasteiger partial charge in [-0.05, 0) is 61.7 Å². The zero-order valence-corrected chi connectivity index (χ0v) is 19.5. The van der Waals surface area contributed by atoms with Crippen molar-refractivity contribution in [3.8, 4) is 0 Å². The van der Waals surface area contributed by atoms with Gasteiger partial charge in [0.15, 0.2) is 0 Å². The molecule has 1 aliphatic heterocycles. The van der Waals surface area contributed by atoms with Crippen molar-refractivity contribution in [2.75, 3.05) is 18.4 Å². The van der Waals surface area contributed by atoms with Crippen molar-refractivity contribution in [2.24, 2.45) is 5.92 Å². The van der Waals surface area contributed by atoms with Crippen molar-refractivity contribution in [2.45, 2.75) is 25.8 Å². The highest BCUT2D eigenvalue weighted by molar-refractivity contribution is 6.04. The van der Waals surface area contributed by atoms with E-state index in [0.717, 1.165) is 5.56 Å². The number of carbonyl (C=O) groups excluding carboxylic acids is 3. The summed E-state index contributed by atoms with van der Waals surface area (Å²) in [4.78, 5) is 40.5. The maximum Gasteiger partial charge on any atom is 0.253 e. The van der Waals surface area contributed by atoms with Gasteiger partial charge in [0.1, 0.15) is 5.82 Å². The average Bonchev–Trinajstić information content (AvgIpc) is 2.89. The fraction of sp³-hybridized carbons (Fsp3) is 0.250. The van der Waals surface area contributed by atoms with Gasteiger partial charge in [-0.15, -0.1) is 0 Å². The zero-order valence-electron chi connectivity index (χ0n) is 19.5. The molecule has 1 heterocycles. The summed E-state index contributed by atoms with van der Waals surface area (Å²) in [5.74, 6) is -1.56. The number of piperidine rings is 1. The Labute approximate surface area is 204 Å². The second-order valence-electron chi connectivity index (χ2n) is 8.74. The van der Waals surface area contributed by atoms with Crippen LogP contribution >= 0.6 is 0 Å². The molecule has 1 fully saturated rings. The van der Waals surface area contributed by atoms with Crippen LogP contribution in [0.5, 0.6) is 0 Å². The van der Waals surface area contributed by atoms with Gasteiger partial charge in [-0.25, -0.2) is 4.39 Å². The molecule has 6 nitrogen and oxygen atoms in total. The average molecular weight is 474 g/mol. The smallest absolute Gasteiger partial charge is 0.253 e. The number of carbonyl (C=O) groups is 3.